The molecule has 0 saturated carbocycles. The summed E-state index contributed by atoms with van der Waals surface area (Å²) in [5.41, 5.74) is 0. The van der Waals surface area contributed by atoms with Gasteiger partial charge in [-0.15, -0.1) is 0 Å². The zero-order valence-corrected chi connectivity index (χ0v) is 69.3. The van der Waals surface area contributed by atoms with E-state index in [0.29, 0.717) is 38.5 Å². The fourth-order valence-electron chi connectivity index (χ4n) is 10.6. The monoisotopic (exact) mass is 1550 g/mol. The number of unbranched alkanes of at least 4 members (excludes halogenated alkanes) is 25. The van der Waals surface area contributed by atoms with Gasteiger partial charge < -0.3 is 33.8 Å². The lowest BCUT2D eigenvalue weighted by atomic mass is 10.1. The van der Waals surface area contributed by atoms with Crippen molar-refractivity contribution in [2.24, 2.45) is 0 Å². The molecule has 0 heterocycles. The molecule has 0 radical (unpaired) electrons. The number of allylic oxidation sites excluding steroid dienone is 26. The normalized spacial score (nSPS) is 14.6. The lowest BCUT2D eigenvalue weighted by molar-refractivity contribution is -0.161. The van der Waals surface area contributed by atoms with Crippen LogP contribution in [-0.2, 0) is 65.4 Å². The second-order valence-corrected chi connectivity index (χ2v) is 30.2. The molecular weight excluding hydrogens is 1400 g/mol. The van der Waals surface area contributed by atoms with Crippen molar-refractivity contribution in [3.8, 4) is 0 Å². The second kappa shape index (κ2) is 79.8. The fraction of sp³-hybridized carbons (Fsp3) is 0.663. The Morgan fingerprint density at radius 2 is 0.500 bits per heavy atom. The molecule has 0 bridgehead atoms. The van der Waals surface area contributed by atoms with Crippen LogP contribution in [0, 0.1) is 0 Å². The van der Waals surface area contributed by atoms with E-state index in [0.717, 1.165) is 148 Å². The van der Waals surface area contributed by atoms with Crippen LogP contribution in [0.1, 0.15) is 323 Å². The van der Waals surface area contributed by atoms with Crippen molar-refractivity contribution in [1.82, 2.24) is 0 Å². The maximum absolute atomic E-state index is 13.1. The summed E-state index contributed by atoms with van der Waals surface area (Å²) in [7, 11) is -10.0. The summed E-state index contributed by atoms with van der Waals surface area (Å²) in [4.78, 5) is 73.1. The quantitative estimate of drug-likeness (QED) is 0.0169. The van der Waals surface area contributed by atoms with Gasteiger partial charge in [0, 0.05) is 25.7 Å². The van der Waals surface area contributed by atoms with E-state index in [1.807, 2.05) is 30.4 Å². The molecule has 0 saturated heterocycles. The number of esters is 4. The average molecular weight is 1550 g/mol. The Labute approximate surface area is 655 Å². The number of hydrogen-bond acceptors (Lipinski definition) is 15. The van der Waals surface area contributed by atoms with Gasteiger partial charge in [0.05, 0.1) is 26.4 Å². The highest BCUT2D eigenvalue weighted by Gasteiger charge is 2.30. The average Bonchev–Trinajstić information content (AvgIpc) is 0.923. The van der Waals surface area contributed by atoms with Crippen LogP contribution in [0.2, 0.25) is 0 Å². The van der Waals surface area contributed by atoms with Gasteiger partial charge in [0.25, 0.3) is 0 Å². The molecular formula is C89H148O17P2. The Hall–Kier alpha value is -5.32. The third-order valence-electron chi connectivity index (χ3n) is 17.0. The molecule has 2 unspecified atom stereocenters. The maximum Gasteiger partial charge on any atom is 0.472 e. The number of aliphatic hydroxyl groups is 1. The Bertz CT molecular complexity index is 2660. The smallest absolute Gasteiger partial charge is 0.462 e. The van der Waals surface area contributed by atoms with E-state index in [4.69, 9.17) is 37.0 Å². The summed E-state index contributed by atoms with van der Waals surface area (Å²) >= 11 is 0. The van der Waals surface area contributed by atoms with Crippen molar-refractivity contribution >= 4 is 39.5 Å². The number of carbonyl (C=O) groups is 4. The number of aliphatic hydroxyl groups excluding tert-OH is 1. The molecule has 5 atom stereocenters. The summed E-state index contributed by atoms with van der Waals surface area (Å²) in [6.07, 6.45) is 93.8. The van der Waals surface area contributed by atoms with Gasteiger partial charge in [-0.05, 0) is 154 Å². The number of phosphoric ester groups is 2. The van der Waals surface area contributed by atoms with E-state index in [1.54, 1.807) is 0 Å². The lowest BCUT2D eigenvalue weighted by Gasteiger charge is -2.21. The van der Waals surface area contributed by atoms with Gasteiger partial charge in [-0.1, -0.05) is 301 Å². The van der Waals surface area contributed by atoms with Gasteiger partial charge in [0.1, 0.15) is 19.3 Å². The predicted molar refractivity (Wildman–Crippen MR) is 445 cm³/mol. The summed E-state index contributed by atoms with van der Waals surface area (Å²) in [6, 6.07) is 0. The van der Waals surface area contributed by atoms with Crippen molar-refractivity contribution in [3.63, 3.8) is 0 Å². The van der Waals surface area contributed by atoms with E-state index < -0.39 is 97.5 Å². The molecule has 0 amide bonds. The molecule has 0 aliphatic rings. The van der Waals surface area contributed by atoms with Crippen molar-refractivity contribution in [2.45, 2.75) is 341 Å². The van der Waals surface area contributed by atoms with Crippen LogP contribution in [0.4, 0.5) is 0 Å². The van der Waals surface area contributed by atoms with Gasteiger partial charge in [-0.3, -0.25) is 37.3 Å². The van der Waals surface area contributed by atoms with Gasteiger partial charge >= 0.3 is 39.5 Å². The Morgan fingerprint density at radius 3 is 0.815 bits per heavy atom. The zero-order valence-electron chi connectivity index (χ0n) is 67.5. The molecule has 3 N–H and O–H groups in total. The van der Waals surface area contributed by atoms with Crippen LogP contribution in [0.3, 0.4) is 0 Å². The highest BCUT2D eigenvalue weighted by Crippen LogP contribution is 2.45. The molecule has 0 aromatic heterocycles. The van der Waals surface area contributed by atoms with E-state index in [1.165, 1.54) is 83.5 Å². The molecule has 0 rings (SSSR count). The molecule has 0 aromatic rings. The fourth-order valence-corrected chi connectivity index (χ4v) is 12.2. The number of hydrogen-bond donors (Lipinski definition) is 3. The van der Waals surface area contributed by atoms with E-state index in [9.17, 15) is 43.2 Å². The van der Waals surface area contributed by atoms with Crippen molar-refractivity contribution in [1.29, 1.82) is 0 Å². The van der Waals surface area contributed by atoms with Crippen LogP contribution in [0.15, 0.2) is 158 Å². The first-order valence-corrected chi connectivity index (χ1v) is 44.7. The highest BCUT2D eigenvalue weighted by atomic mass is 31.2. The highest BCUT2D eigenvalue weighted by molar-refractivity contribution is 7.47. The molecule has 17 nitrogen and oxygen atoms in total. The van der Waals surface area contributed by atoms with Crippen LogP contribution < -0.4 is 0 Å². The van der Waals surface area contributed by atoms with Gasteiger partial charge in [-0.2, -0.15) is 0 Å². The minimum absolute atomic E-state index is 0.0292. The van der Waals surface area contributed by atoms with Crippen molar-refractivity contribution in [2.75, 3.05) is 39.6 Å². The first-order valence-electron chi connectivity index (χ1n) is 41.7. The zero-order chi connectivity index (χ0) is 78.9. The Morgan fingerprint density at radius 1 is 0.269 bits per heavy atom. The first-order chi connectivity index (χ1) is 52.7. The standard InChI is InChI=1S/C89H148O17P2/c1-5-9-13-17-21-25-29-33-37-39-41-43-47-49-53-57-61-65-69-73-86(91)99-79-84(105-88(93)75-71-67-63-59-55-51-45-35-31-27-23-19-15-11-7-3)81-103-107(95,96)101-77-83(90)78-102-108(97,98)104-82-85(106-89(94)76-72-68-64-60-56-52-46-36-32-28-24-20-16-12-8-4)80-100-87(92)74-70-66-62-58-54-50-48-44-42-40-38-34-30-26-22-18-14-10-6-2/h9,13,21-22,25-26,28,32-35,37-38,41-45,49-50,53-54,61-62,65-66,83-85,90H,5-8,10-12,14-20,23-24,27,29-31,36,39-40,46-48,51-52,55-60,63-64,67-82H2,1-4H3,(H,95,96)(H,97,98)/b13-9-,25-21-,26-22-,32-28-,37-33-,38-34-,43-41-,44-42-,45-35-,53-49-,54-50-,65-61-,66-62-/t83-,84-,85-/m1/s1. The van der Waals surface area contributed by atoms with Crippen LogP contribution in [-0.4, -0.2) is 96.7 Å². The summed E-state index contributed by atoms with van der Waals surface area (Å²) in [6.45, 7) is 4.55. The lowest BCUT2D eigenvalue weighted by Crippen LogP contribution is -2.30. The van der Waals surface area contributed by atoms with E-state index in [-0.39, 0.29) is 25.7 Å². The minimum Gasteiger partial charge on any atom is -0.462 e. The third-order valence-corrected chi connectivity index (χ3v) is 18.9. The minimum atomic E-state index is -5.01. The SMILES string of the molecule is CC/C=C\C/C=C\C/C=C\C/C=C\C/C=C\C/C=C\CCC(=O)OC[C@H](COP(=O)(O)OC[C@@H](O)COP(=O)(O)OC[C@@H](COC(=O)CC/C=C\C/C=C\C/C=C\C/C=C\C/C=C\CCCCC)OC(=O)CCCCCCCCC/C=C\CCCCCC)OC(=O)CCCCCCC/C=C\CCCCCCCC. The molecule has 0 spiro atoms. The van der Waals surface area contributed by atoms with Crippen molar-refractivity contribution in [3.05, 3.63) is 158 Å². The molecule has 616 valence electrons. The van der Waals surface area contributed by atoms with Crippen LogP contribution in [0.5, 0.6) is 0 Å². The molecule has 19 heteroatoms. The molecule has 0 fully saturated rings. The van der Waals surface area contributed by atoms with Gasteiger partial charge in [-0.25, -0.2) is 9.13 Å². The van der Waals surface area contributed by atoms with Crippen LogP contribution in [0.25, 0.3) is 0 Å². The van der Waals surface area contributed by atoms with Crippen molar-refractivity contribution < 1.29 is 80.2 Å². The first kappa shape index (κ1) is 103. The topological polar surface area (TPSA) is 237 Å². The van der Waals surface area contributed by atoms with Crippen LogP contribution >= 0.6 is 15.6 Å². The number of phosphoric acid groups is 2. The Kier molecular flexibility index (Phi) is 75.8. The Balaban J connectivity index is 5.50. The number of carbonyl (C=O) groups excluding carboxylic acids is 4. The third kappa shape index (κ3) is 78.8. The number of ether oxygens (including phenoxy) is 4. The van der Waals surface area contributed by atoms with E-state index >= 15 is 0 Å². The summed E-state index contributed by atoms with van der Waals surface area (Å²) in [5, 5.41) is 10.7. The second-order valence-electron chi connectivity index (χ2n) is 27.3. The molecule has 0 aliphatic heterocycles. The number of rotatable bonds is 77. The molecule has 0 aromatic carbocycles. The molecule has 108 heavy (non-hydrogen) atoms. The predicted octanol–water partition coefficient (Wildman–Crippen LogP) is 24.8. The molecule has 0 aliphatic carbocycles. The maximum atomic E-state index is 13.1. The van der Waals surface area contributed by atoms with Gasteiger partial charge in [0.2, 0.25) is 0 Å². The van der Waals surface area contributed by atoms with Gasteiger partial charge in [0.15, 0.2) is 12.2 Å². The summed E-state index contributed by atoms with van der Waals surface area (Å²) < 4.78 is 68.5. The largest absolute Gasteiger partial charge is 0.472 e. The summed E-state index contributed by atoms with van der Waals surface area (Å²) in [5.74, 6) is -2.39. The van der Waals surface area contributed by atoms with E-state index in [2.05, 4.69) is 155 Å².